The Bertz CT molecular complexity index is 764. The van der Waals surface area contributed by atoms with Gasteiger partial charge in [-0.05, 0) is 43.5 Å². The summed E-state index contributed by atoms with van der Waals surface area (Å²) in [7, 11) is 0. The maximum absolute atomic E-state index is 12.6. The van der Waals surface area contributed by atoms with Crippen LogP contribution in [0.3, 0.4) is 0 Å². The number of rotatable bonds is 4. The van der Waals surface area contributed by atoms with Gasteiger partial charge in [-0.25, -0.2) is 0 Å². The third kappa shape index (κ3) is 4.27. The highest BCUT2D eigenvalue weighted by Gasteiger charge is 2.22. The molecule has 0 radical (unpaired) electrons. The second kappa shape index (κ2) is 7.97. The van der Waals surface area contributed by atoms with E-state index in [1.807, 2.05) is 49.4 Å². The van der Waals surface area contributed by atoms with Gasteiger partial charge in [0.05, 0.1) is 11.4 Å². The van der Waals surface area contributed by atoms with Crippen LogP contribution in [0, 0.1) is 12.8 Å². The number of benzene rings is 2. The zero-order chi connectivity index (χ0) is 17.6. The van der Waals surface area contributed by atoms with Crippen LogP contribution < -0.4 is 10.6 Å². The van der Waals surface area contributed by atoms with Crippen molar-refractivity contribution in [3.8, 4) is 0 Å². The summed E-state index contributed by atoms with van der Waals surface area (Å²) < 4.78 is 0. The Morgan fingerprint density at radius 3 is 2.12 bits per heavy atom. The summed E-state index contributed by atoms with van der Waals surface area (Å²) in [6.07, 6.45) is 5.34. The first-order chi connectivity index (χ1) is 12.1. The van der Waals surface area contributed by atoms with E-state index in [1.165, 1.54) is 6.42 Å². The summed E-state index contributed by atoms with van der Waals surface area (Å²) in [5.74, 6) is -0.0383. The number of aryl methyl sites for hydroxylation is 1. The quantitative estimate of drug-likeness (QED) is 0.845. The zero-order valence-electron chi connectivity index (χ0n) is 14.5. The van der Waals surface area contributed by atoms with E-state index in [-0.39, 0.29) is 17.7 Å². The molecule has 0 bridgehead atoms. The molecule has 1 saturated carbocycles. The van der Waals surface area contributed by atoms with Crippen LogP contribution in [0.1, 0.15) is 48.0 Å². The van der Waals surface area contributed by atoms with Crippen molar-refractivity contribution in [1.29, 1.82) is 0 Å². The van der Waals surface area contributed by atoms with Crippen LogP contribution in [-0.4, -0.2) is 11.8 Å². The van der Waals surface area contributed by atoms with Crippen molar-refractivity contribution in [1.82, 2.24) is 0 Å². The third-order valence-electron chi connectivity index (χ3n) is 4.80. The smallest absolute Gasteiger partial charge is 0.255 e. The SMILES string of the molecule is Cc1ccccc1C(=O)Nc1ccccc1NC(=O)C1CCCCC1. The molecular weight excluding hydrogens is 312 g/mol. The molecule has 3 rings (SSSR count). The summed E-state index contributed by atoms with van der Waals surface area (Å²) in [6.45, 7) is 1.91. The Kier molecular flexibility index (Phi) is 5.49. The van der Waals surface area contributed by atoms with Gasteiger partial charge in [-0.2, -0.15) is 0 Å². The molecule has 2 aromatic carbocycles. The highest BCUT2D eigenvalue weighted by molar-refractivity contribution is 6.08. The Morgan fingerprint density at radius 1 is 0.840 bits per heavy atom. The zero-order valence-corrected chi connectivity index (χ0v) is 14.5. The molecule has 0 heterocycles. The van der Waals surface area contributed by atoms with Gasteiger partial charge in [-0.15, -0.1) is 0 Å². The lowest BCUT2D eigenvalue weighted by molar-refractivity contribution is -0.120. The number of carbonyl (C=O) groups excluding carboxylic acids is 2. The first kappa shape index (κ1) is 17.2. The van der Waals surface area contributed by atoms with Crippen LogP contribution >= 0.6 is 0 Å². The Hall–Kier alpha value is -2.62. The minimum Gasteiger partial charge on any atom is -0.324 e. The van der Waals surface area contributed by atoms with E-state index < -0.39 is 0 Å². The molecule has 130 valence electrons. The summed E-state index contributed by atoms with van der Waals surface area (Å²) in [5, 5.41) is 5.92. The number of anilines is 2. The maximum atomic E-state index is 12.6. The number of carbonyl (C=O) groups is 2. The van der Waals surface area contributed by atoms with Crippen molar-refractivity contribution < 1.29 is 9.59 Å². The van der Waals surface area contributed by atoms with E-state index in [0.29, 0.717) is 16.9 Å². The highest BCUT2D eigenvalue weighted by Crippen LogP contribution is 2.27. The maximum Gasteiger partial charge on any atom is 0.255 e. The van der Waals surface area contributed by atoms with Crippen molar-refractivity contribution in [2.24, 2.45) is 5.92 Å². The number of amides is 2. The Morgan fingerprint density at radius 2 is 1.44 bits per heavy atom. The molecule has 1 aliphatic rings. The second-order valence-corrected chi connectivity index (χ2v) is 6.64. The van der Waals surface area contributed by atoms with E-state index in [1.54, 1.807) is 6.07 Å². The molecule has 2 amide bonds. The molecule has 1 aliphatic carbocycles. The van der Waals surface area contributed by atoms with Gasteiger partial charge in [0, 0.05) is 11.5 Å². The van der Waals surface area contributed by atoms with Gasteiger partial charge in [0.1, 0.15) is 0 Å². The van der Waals surface area contributed by atoms with Crippen LogP contribution in [0.25, 0.3) is 0 Å². The average molecular weight is 336 g/mol. The topological polar surface area (TPSA) is 58.2 Å². The Balaban J connectivity index is 1.73. The van der Waals surface area contributed by atoms with Crippen LogP contribution in [0.4, 0.5) is 11.4 Å². The summed E-state index contributed by atoms with van der Waals surface area (Å²) in [5.41, 5.74) is 2.83. The van der Waals surface area contributed by atoms with Crippen molar-refractivity contribution in [3.05, 3.63) is 59.7 Å². The van der Waals surface area contributed by atoms with Crippen molar-refractivity contribution in [2.75, 3.05) is 10.6 Å². The minimum absolute atomic E-state index is 0.0530. The number of hydrogen-bond acceptors (Lipinski definition) is 2. The number of hydrogen-bond donors (Lipinski definition) is 2. The predicted molar refractivity (Wildman–Crippen MR) is 101 cm³/mol. The fraction of sp³-hybridized carbons (Fsp3) is 0.333. The molecule has 4 heteroatoms. The van der Waals surface area contributed by atoms with E-state index in [2.05, 4.69) is 10.6 Å². The van der Waals surface area contributed by atoms with Crippen LogP contribution in [0.2, 0.25) is 0 Å². The lowest BCUT2D eigenvalue weighted by Crippen LogP contribution is -2.25. The second-order valence-electron chi connectivity index (χ2n) is 6.64. The van der Waals surface area contributed by atoms with E-state index in [4.69, 9.17) is 0 Å². The monoisotopic (exact) mass is 336 g/mol. The first-order valence-electron chi connectivity index (χ1n) is 8.92. The van der Waals surface area contributed by atoms with Gasteiger partial charge in [0.2, 0.25) is 5.91 Å². The summed E-state index contributed by atoms with van der Waals surface area (Å²) >= 11 is 0. The lowest BCUT2D eigenvalue weighted by atomic mass is 9.88. The standard InChI is InChI=1S/C21H24N2O2/c1-15-9-5-6-12-17(15)21(25)23-19-14-8-7-13-18(19)22-20(24)16-10-3-2-4-11-16/h5-9,12-14,16H,2-4,10-11H2,1H3,(H,22,24)(H,23,25). The Labute approximate surface area is 148 Å². The van der Waals surface area contributed by atoms with Gasteiger partial charge in [0.25, 0.3) is 5.91 Å². The molecule has 2 N–H and O–H groups in total. The molecule has 1 fully saturated rings. The summed E-state index contributed by atoms with van der Waals surface area (Å²) in [4.78, 5) is 25.1. The molecule has 0 spiro atoms. The molecule has 0 aliphatic heterocycles. The van der Waals surface area contributed by atoms with Gasteiger partial charge >= 0.3 is 0 Å². The van der Waals surface area contributed by atoms with E-state index in [0.717, 1.165) is 31.2 Å². The number of nitrogens with one attached hydrogen (secondary N) is 2. The fourth-order valence-electron chi connectivity index (χ4n) is 3.32. The molecule has 25 heavy (non-hydrogen) atoms. The fourth-order valence-corrected chi connectivity index (χ4v) is 3.32. The minimum atomic E-state index is -0.169. The third-order valence-corrected chi connectivity index (χ3v) is 4.80. The molecule has 4 nitrogen and oxygen atoms in total. The molecule has 0 unspecified atom stereocenters. The van der Waals surface area contributed by atoms with E-state index >= 15 is 0 Å². The summed E-state index contributed by atoms with van der Waals surface area (Å²) in [6, 6.07) is 14.8. The van der Waals surface area contributed by atoms with E-state index in [9.17, 15) is 9.59 Å². The van der Waals surface area contributed by atoms with Crippen molar-refractivity contribution in [3.63, 3.8) is 0 Å². The molecule has 0 aromatic heterocycles. The first-order valence-corrected chi connectivity index (χ1v) is 8.92. The van der Waals surface area contributed by atoms with Crippen LogP contribution in [0.15, 0.2) is 48.5 Å². The highest BCUT2D eigenvalue weighted by atomic mass is 16.2. The van der Waals surface area contributed by atoms with Crippen LogP contribution in [0.5, 0.6) is 0 Å². The molecule has 2 aromatic rings. The normalized spacial score (nSPS) is 14.8. The van der Waals surface area contributed by atoms with Gasteiger partial charge in [-0.3, -0.25) is 9.59 Å². The molecule has 0 atom stereocenters. The molecule has 0 saturated heterocycles. The molecular formula is C21H24N2O2. The lowest BCUT2D eigenvalue weighted by Gasteiger charge is -2.21. The van der Waals surface area contributed by atoms with Gasteiger partial charge in [-0.1, -0.05) is 49.6 Å². The largest absolute Gasteiger partial charge is 0.324 e. The van der Waals surface area contributed by atoms with Gasteiger partial charge in [0.15, 0.2) is 0 Å². The van der Waals surface area contributed by atoms with Crippen molar-refractivity contribution in [2.45, 2.75) is 39.0 Å². The average Bonchev–Trinajstić information content (AvgIpc) is 2.64. The number of para-hydroxylation sites is 2. The predicted octanol–water partition coefficient (Wildman–Crippen LogP) is 4.77. The van der Waals surface area contributed by atoms with Crippen molar-refractivity contribution >= 4 is 23.2 Å². The van der Waals surface area contributed by atoms with Crippen LogP contribution in [-0.2, 0) is 4.79 Å². The van der Waals surface area contributed by atoms with Gasteiger partial charge < -0.3 is 10.6 Å².